The van der Waals surface area contributed by atoms with E-state index in [-0.39, 0.29) is 17.2 Å². The van der Waals surface area contributed by atoms with E-state index in [9.17, 15) is 19.7 Å². The molecule has 1 aliphatic heterocycles. The Labute approximate surface area is 170 Å². The lowest BCUT2D eigenvalue weighted by Crippen LogP contribution is -2.28. The molecule has 9 heteroatoms. The summed E-state index contributed by atoms with van der Waals surface area (Å²) in [6.45, 7) is 4.01. The highest BCUT2D eigenvalue weighted by atomic mass is 32.2. The minimum Gasteiger partial charge on any atom is -0.478 e. The summed E-state index contributed by atoms with van der Waals surface area (Å²) in [5, 5.41) is 20.4. The number of nitro groups is 1. The zero-order chi connectivity index (χ0) is 21.1. The summed E-state index contributed by atoms with van der Waals surface area (Å²) in [4.78, 5) is 40.8. The molecule has 8 nitrogen and oxygen atoms in total. The molecule has 0 unspecified atom stereocenters. The number of aliphatic imine (C=N–C) groups is 1. The number of thioether (sulfide) groups is 1. The normalized spacial score (nSPS) is 17.0. The van der Waals surface area contributed by atoms with Crippen molar-refractivity contribution in [2.24, 2.45) is 4.99 Å². The van der Waals surface area contributed by atoms with Crippen molar-refractivity contribution in [1.82, 2.24) is 4.90 Å². The Morgan fingerprint density at radius 2 is 1.90 bits per heavy atom. The fourth-order valence-electron chi connectivity index (χ4n) is 2.78. The first-order chi connectivity index (χ1) is 13.8. The molecule has 1 fully saturated rings. The Hall–Kier alpha value is -3.46. The first-order valence-electron chi connectivity index (χ1n) is 8.69. The largest absolute Gasteiger partial charge is 0.478 e. The predicted octanol–water partition coefficient (Wildman–Crippen LogP) is 4.31. The van der Waals surface area contributed by atoms with Crippen LogP contribution < -0.4 is 0 Å². The molecule has 1 saturated heterocycles. The lowest BCUT2D eigenvalue weighted by Gasteiger charge is -2.12. The van der Waals surface area contributed by atoms with E-state index >= 15 is 0 Å². The Bertz CT molecular complexity index is 1060. The molecule has 0 radical (unpaired) electrons. The van der Waals surface area contributed by atoms with Gasteiger partial charge in [-0.15, -0.1) is 0 Å². The average molecular weight is 411 g/mol. The maximum absolute atomic E-state index is 12.9. The van der Waals surface area contributed by atoms with Crippen LogP contribution in [0.1, 0.15) is 29.8 Å². The van der Waals surface area contributed by atoms with Crippen molar-refractivity contribution in [3.63, 3.8) is 0 Å². The second-order valence-corrected chi connectivity index (χ2v) is 7.14. The van der Waals surface area contributed by atoms with Gasteiger partial charge in [-0.3, -0.25) is 19.8 Å². The number of non-ortho nitro benzene ring substituents is 1. The summed E-state index contributed by atoms with van der Waals surface area (Å²) in [5.74, 6) is -1.26. The number of likely N-dealkylation sites (N-methyl/N-ethyl adjacent to an activating group) is 1. The molecule has 1 amide bonds. The van der Waals surface area contributed by atoms with Crippen LogP contribution in [0.2, 0.25) is 0 Å². The molecule has 2 aromatic carbocycles. The smallest absolute Gasteiger partial charge is 0.335 e. The molecule has 0 spiro atoms. The van der Waals surface area contributed by atoms with Crippen LogP contribution in [0.4, 0.5) is 11.4 Å². The molecule has 1 aliphatic rings. The summed E-state index contributed by atoms with van der Waals surface area (Å²) in [5.41, 5.74) is 1.93. The van der Waals surface area contributed by atoms with Gasteiger partial charge in [0, 0.05) is 18.7 Å². The molecule has 0 atom stereocenters. The van der Waals surface area contributed by atoms with Crippen LogP contribution in [0.5, 0.6) is 0 Å². The molecule has 0 aliphatic carbocycles. The van der Waals surface area contributed by atoms with Gasteiger partial charge in [0.15, 0.2) is 5.17 Å². The third-order valence-electron chi connectivity index (χ3n) is 4.35. The molecule has 3 rings (SSSR count). The van der Waals surface area contributed by atoms with Gasteiger partial charge in [-0.25, -0.2) is 9.79 Å². The summed E-state index contributed by atoms with van der Waals surface area (Å²) in [6.07, 6.45) is 0. The van der Waals surface area contributed by atoms with E-state index in [4.69, 9.17) is 5.11 Å². The number of nitrogens with zero attached hydrogens (tertiary/aromatic N) is 3. The van der Waals surface area contributed by atoms with Crippen molar-refractivity contribution in [3.05, 3.63) is 74.7 Å². The molecule has 0 saturated carbocycles. The Kier molecular flexibility index (Phi) is 5.79. The lowest BCUT2D eigenvalue weighted by atomic mass is 10.1. The molecule has 0 bridgehead atoms. The average Bonchev–Trinajstić information content (AvgIpc) is 3.02. The van der Waals surface area contributed by atoms with Crippen molar-refractivity contribution in [2.75, 3.05) is 6.54 Å². The number of aromatic carboxylic acids is 1. The van der Waals surface area contributed by atoms with Gasteiger partial charge in [0.1, 0.15) is 0 Å². The number of allylic oxidation sites excluding steroid dienone is 1. The first-order valence-corrected chi connectivity index (χ1v) is 9.51. The third kappa shape index (κ3) is 4.19. The van der Waals surface area contributed by atoms with Crippen LogP contribution in [0.25, 0.3) is 5.57 Å². The van der Waals surface area contributed by atoms with Crippen molar-refractivity contribution in [1.29, 1.82) is 0 Å². The number of rotatable bonds is 5. The number of carboxylic acids is 1. The highest BCUT2D eigenvalue weighted by Crippen LogP contribution is 2.37. The molecule has 2 aromatic rings. The van der Waals surface area contributed by atoms with E-state index in [1.54, 1.807) is 31.2 Å². The standard InChI is InChI=1S/C20H17N3O5S/c1-3-22-18(24)17(12(2)13-7-9-16(10-8-13)23(27)28)29-20(22)21-15-6-4-5-14(11-15)19(25)26/h4-11H,3H2,1-2H3,(H,25,26)/b17-12-,21-20?. The zero-order valence-corrected chi connectivity index (χ0v) is 16.5. The fraction of sp³-hybridized carbons (Fsp3) is 0.150. The maximum atomic E-state index is 12.9. The maximum Gasteiger partial charge on any atom is 0.335 e. The minimum atomic E-state index is -1.05. The second kappa shape index (κ2) is 8.27. The van der Waals surface area contributed by atoms with Crippen molar-refractivity contribution in [3.8, 4) is 0 Å². The Morgan fingerprint density at radius 1 is 1.21 bits per heavy atom. The number of amidine groups is 1. The van der Waals surface area contributed by atoms with Gasteiger partial charge in [0.05, 0.1) is 21.1 Å². The van der Waals surface area contributed by atoms with E-state index in [2.05, 4.69) is 4.99 Å². The van der Waals surface area contributed by atoms with Crippen LogP contribution in [0, 0.1) is 10.1 Å². The predicted molar refractivity (Wildman–Crippen MR) is 111 cm³/mol. The van der Waals surface area contributed by atoms with Gasteiger partial charge >= 0.3 is 5.97 Å². The highest BCUT2D eigenvalue weighted by molar-refractivity contribution is 8.18. The van der Waals surface area contributed by atoms with E-state index < -0.39 is 10.9 Å². The molecular weight excluding hydrogens is 394 g/mol. The number of hydrogen-bond acceptors (Lipinski definition) is 6. The number of carbonyl (C=O) groups is 2. The summed E-state index contributed by atoms with van der Waals surface area (Å²) in [6, 6.07) is 12.2. The molecule has 0 aromatic heterocycles. The van der Waals surface area contributed by atoms with Gasteiger partial charge in [0.25, 0.3) is 11.6 Å². The lowest BCUT2D eigenvalue weighted by molar-refractivity contribution is -0.384. The number of amides is 1. The third-order valence-corrected chi connectivity index (χ3v) is 5.53. The second-order valence-electron chi connectivity index (χ2n) is 6.16. The van der Waals surface area contributed by atoms with E-state index in [0.717, 1.165) is 0 Å². The van der Waals surface area contributed by atoms with Gasteiger partial charge in [0.2, 0.25) is 0 Å². The van der Waals surface area contributed by atoms with Crippen LogP contribution in [-0.4, -0.2) is 38.5 Å². The van der Waals surface area contributed by atoms with Gasteiger partial charge in [-0.05, 0) is 67.1 Å². The quantitative estimate of drug-likeness (QED) is 0.446. The van der Waals surface area contributed by atoms with Crippen LogP contribution in [0.15, 0.2) is 58.4 Å². The topological polar surface area (TPSA) is 113 Å². The van der Waals surface area contributed by atoms with E-state index in [0.29, 0.717) is 33.4 Å². The molecule has 29 heavy (non-hydrogen) atoms. The number of hydrogen-bond donors (Lipinski definition) is 1. The van der Waals surface area contributed by atoms with Crippen LogP contribution in [0.3, 0.4) is 0 Å². The SMILES string of the molecule is CCN1C(=O)/C(=C(\C)c2ccc([N+](=O)[O-])cc2)SC1=Nc1cccc(C(=O)O)c1. The Balaban J connectivity index is 1.98. The molecule has 1 N–H and O–H groups in total. The first kappa shape index (κ1) is 20.3. The summed E-state index contributed by atoms with van der Waals surface area (Å²) < 4.78 is 0. The number of carbonyl (C=O) groups excluding carboxylic acids is 1. The molecular formula is C20H17N3O5S. The fourth-order valence-corrected chi connectivity index (χ4v) is 3.91. The molecule has 148 valence electrons. The number of carboxylic acid groups (broad SMARTS) is 1. The van der Waals surface area contributed by atoms with Crippen molar-refractivity contribution >= 4 is 45.8 Å². The van der Waals surface area contributed by atoms with Crippen molar-refractivity contribution < 1.29 is 19.6 Å². The monoisotopic (exact) mass is 411 g/mol. The van der Waals surface area contributed by atoms with Crippen LogP contribution in [-0.2, 0) is 4.79 Å². The summed E-state index contributed by atoms with van der Waals surface area (Å²) in [7, 11) is 0. The van der Waals surface area contributed by atoms with E-state index in [1.807, 2.05) is 6.92 Å². The van der Waals surface area contributed by atoms with Gasteiger partial charge in [-0.2, -0.15) is 0 Å². The Morgan fingerprint density at radius 3 is 2.48 bits per heavy atom. The van der Waals surface area contributed by atoms with Gasteiger partial charge < -0.3 is 5.11 Å². The summed E-state index contributed by atoms with van der Waals surface area (Å²) >= 11 is 1.20. The number of benzene rings is 2. The van der Waals surface area contributed by atoms with Gasteiger partial charge in [-0.1, -0.05) is 6.07 Å². The highest BCUT2D eigenvalue weighted by Gasteiger charge is 2.34. The van der Waals surface area contributed by atoms with Crippen molar-refractivity contribution in [2.45, 2.75) is 13.8 Å². The van der Waals surface area contributed by atoms with Crippen LogP contribution >= 0.6 is 11.8 Å². The minimum absolute atomic E-state index is 0.0206. The molecule has 1 heterocycles. The number of nitro benzene ring substituents is 1. The van der Waals surface area contributed by atoms with E-state index in [1.165, 1.54) is 40.9 Å². The zero-order valence-electron chi connectivity index (χ0n) is 15.7.